The normalized spacial score (nSPS) is 11.5. The molecule has 0 saturated carbocycles. The highest BCUT2D eigenvalue weighted by atomic mass is 35.5. The summed E-state index contributed by atoms with van der Waals surface area (Å²) in [5, 5.41) is 2.09. The van der Waals surface area contributed by atoms with E-state index in [2.05, 4.69) is 12.6 Å². The average molecular weight is 230 g/mol. The number of hydrogen-bond acceptors (Lipinski definition) is 3. The van der Waals surface area contributed by atoms with Crippen molar-refractivity contribution in [3.63, 3.8) is 0 Å². The van der Waals surface area contributed by atoms with E-state index in [1.807, 2.05) is 13.0 Å². The molecule has 0 fully saturated rings. The van der Waals surface area contributed by atoms with Crippen LogP contribution in [0.15, 0.2) is 23.6 Å². The van der Waals surface area contributed by atoms with Gasteiger partial charge in [0.25, 0.3) is 0 Å². The van der Waals surface area contributed by atoms with Crippen LogP contribution in [0.2, 0.25) is 5.02 Å². The van der Waals surface area contributed by atoms with Gasteiger partial charge in [0.2, 0.25) is 0 Å². The van der Waals surface area contributed by atoms with E-state index >= 15 is 0 Å². The van der Waals surface area contributed by atoms with Crippen molar-refractivity contribution in [1.29, 1.82) is 0 Å². The lowest BCUT2D eigenvalue weighted by molar-refractivity contribution is 0.340. The van der Waals surface area contributed by atoms with E-state index in [0.717, 1.165) is 5.56 Å². The summed E-state index contributed by atoms with van der Waals surface area (Å²) in [7, 11) is 0. The van der Waals surface area contributed by atoms with Crippen LogP contribution in [0.1, 0.15) is 12.5 Å². The van der Waals surface area contributed by atoms with E-state index in [9.17, 15) is 0 Å². The number of nitrogens with two attached hydrogens (primary N) is 1. The van der Waals surface area contributed by atoms with Gasteiger partial charge in [-0.15, -0.1) is 12.6 Å². The number of hydrogen-bond donors (Lipinski definition) is 2. The first-order valence-electron chi connectivity index (χ1n) is 4.21. The second-order valence-electron chi connectivity index (χ2n) is 2.66. The van der Waals surface area contributed by atoms with Gasteiger partial charge in [-0.05, 0) is 36.1 Å². The van der Waals surface area contributed by atoms with Crippen LogP contribution in [-0.2, 0) is 0 Å². The van der Waals surface area contributed by atoms with Gasteiger partial charge in [0, 0.05) is 5.70 Å². The summed E-state index contributed by atoms with van der Waals surface area (Å²) in [5.41, 5.74) is 7.10. The maximum absolute atomic E-state index is 5.98. The SMILES string of the molecule is CCOc1ccc(/C(N)=C/S)cc1Cl. The maximum Gasteiger partial charge on any atom is 0.137 e. The molecule has 4 heteroatoms. The number of ether oxygens (including phenoxy) is 1. The molecular weight excluding hydrogens is 218 g/mol. The van der Waals surface area contributed by atoms with Gasteiger partial charge < -0.3 is 10.5 Å². The molecule has 0 aliphatic carbocycles. The van der Waals surface area contributed by atoms with Crippen LogP contribution < -0.4 is 10.5 Å². The third kappa shape index (κ3) is 2.59. The monoisotopic (exact) mass is 229 g/mol. The van der Waals surface area contributed by atoms with Crippen LogP contribution in [0.25, 0.3) is 5.70 Å². The Kier molecular flexibility index (Phi) is 4.17. The van der Waals surface area contributed by atoms with E-state index in [0.29, 0.717) is 23.1 Å². The van der Waals surface area contributed by atoms with Gasteiger partial charge in [-0.2, -0.15) is 0 Å². The van der Waals surface area contributed by atoms with Crippen molar-refractivity contribution in [2.45, 2.75) is 6.92 Å². The van der Waals surface area contributed by atoms with Crippen LogP contribution >= 0.6 is 24.2 Å². The second-order valence-corrected chi connectivity index (χ2v) is 3.33. The summed E-state index contributed by atoms with van der Waals surface area (Å²) < 4.78 is 5.29. The Hall–Kier alpha value is -0.800. The summed E-state index contributed by atoms with van der Waals surface area (Å²) >= 11 is 9.94. The fourth-order valence-electron chi connectivity index (χ4n) is 1.03. The molecular formula is C10H12ClNOS. The minimum Gasteiger partial charge on any atom is -0.492 e. The van der Waals surface area contributed by atoms with Crippen LogP contribution in [-0.4, -0.2) is 6.61 Å². The Morgan fingerprint density at radius 1 is 1.64 bits per heavy atom. The molecule has 1 aromatic rings. The molecule has 2 nitrogen and oxygen atoms in total. The van der Waals surface area contributed by atoms with Crippen LogP contribution in [0.5, 0.6) is 5.75 Å². The Bertz CT molecular complexity index is 352. The van der Waals surface area contributed by atoms with Gasteiger partial charge in [-0.3, -0.25) is 0 Å². The lowest BCUT2D eigenvalue weighted by Gasteiger charge is -2.07. The van der Waals surface area contributed by atoms with Crippen molar-refractivity contribution < 1.29 is 4.74 Å². The van der Waals surface area contributed by atoms with E-state index in [-0.39, 0.29) is 0 Å². The molecule has 1 aromatic carbocycles. The number of halogens is 1. The standard InChI is InChI=1S/C10H12ClNOS/c1-2-13-10-4-3-7(5-8(10)11)9(12)6-14/h3-6,14H,2,12H2,1H3/b9-6-. The Labute approximate surface area is 94.1 Å². The van der Waals surface area contributed by atoms with Gasteiger partial charge in [-0.25, -0.2) is 0 Å². The first-order chi connectivity index (χ1) is 6.69. The van der Waals surface area contributed by atoms with Crippen molar-refractivity contribution in [3.8, 4) is 5.75 Å². The zero-order valence-corrected chi connectivity index (χ0v) is 9.48. The zero-order valence-electron chi connectivity index (χ0n) is 7.83. The second kappa shape index (κ2) is 5.17. The third-order valence-electron chi connectivity index (χ3n) is 1.70. The maximum atomic E-state index is 5.98. The van der Waals surface area contributed by atoms with Crippen LogP contribution in [0.4, 0.5) is 0 Å². The fourth-order valence-corrected chi connectivity index (χ4v) is 1.41. The van der Waals surface area contributed by atoms with Crippen molar-refractivity contribution >= 4 is 29.9 Å². The summed E-state index contributed by atoms with van der Waals surface area (Å²) in [6.07, 6.45) is 0. The van der Waals surface area contributed by atoms with Gasteiger partial charge >= 0.3 is 0 Å². The lowest BCUT2D eigenvalue weighted by atomic mass is 10.2. The minimum absolute atomic E-state index is 0.558. The molecule has 2 N–H and O–H groups in total. The summed E-state index contributed by atoms with van der Waals surface area (Å²) in [6.45, 7) is 2.50. The highest BCUT2D eigenvalue weighted by Gasteiger charge is 2.03. The predicted molar refractivity (Wildman–Crippen MR) is 63.8 cm³/mol. The van der Waals surface area contributed by atoms with Gasteiger partial charge in [0.1, 0.15) is 5.75 Å². The zero-order chi connectivity index (χ0) is 10.6. The molecule has 76 valence electrons. The molecule has 14 heavy (non-hydrogen) atoms. The van der Waals surface area contributed by atoms with Crippen molar-refractivity contribution in [2.24, 2.45) is 5.73 Å². The summed E-state index contributed by atoms with van der Waals surface area (Å²) in [6, 6.07) is 5.40. The molecule has 1 rings (SSSR count). The van der Waals surface area contributed by atoms with E-state index < -0.39 is 0 Å². The predicted octanol–water partition coefficient (Wildman–Crippen LogP) is 2.93. The summed E-state index contributed by atoms with van der Waals surface area (Å²) in [5.74, 6) is 0.671. The van der Waals surface area contributed by atoms with E-state index in [4.69, 9.17) is 22.1 Å². The van der Waals surface area contributed by atoms with Crippen LogP contribution in [0, 0.1) is 0 Å². The average Bonchev–Trinajstić information content (AvgIpc) is 2.20. The van der Waals surface area contributed by atoms with Crippen LogP contribution in [0.3, 0.4) is 0 Å². The molecule has 0 amide bonds. The molecule has 0 radical (unpaired) electrons. The fraction of sp³-hybridized carbons (Fsp3) is 0.200. The lowest BCUT2D eigenvalue weighted by Crippen LogP contribution is -1.97. The molecule has 0 aliphatic heterocycles. The molecule has 0 aromatic heterocycles. The van der Waals surface area contributed by atoms with Gasteiger partial charge in [0.15, 0.2) is 0 Å². The molecule has 0 atom stereocenters. The van der Waals surface area contributed by atoms with Gasteiger partial charge in [-0.1, -0.05) is 11.6 Å². The van der Waals surface area contributed by atoms with Crippen molar-refractivity contribution in [2.75, 3.05) is 6.61 Å². The molecule has 0 spiro atoms. The summed E-state index contributed by atoms with van der Waals surface area (Å²) in [4.78, 5) is 0. The smallest absolute Gasteiger partial charge is 0.137 e. The molecule has 0 heterocycles. The first-order valence-corrected chi connectivity index (χ1v) is 5.11. The molecule has 0 bridgehead atoms. The number of thiol groups is 1. The Morgan fingerprint density at radius 3 is 2.86 bits per heavy atom. The third-order valence-corrected chi connectivity index (χ3v) is 2.28. The topological polar surface area (TPSA) is 35.2 Å². The van der Waals surface area contributed by atoms with Crippen molar-refractivity contribution in [3.05, 3.63) is 34.2 Å². The quantitative estimate of drug-likeness (QED) is 0.782. The van der Waals surface area contributed by atoms with E-state index in [1.165, 1.54) is 5.41 Å². The van der Waals surface area contributed by atoms with E-state index in [1.54, 1.807) is 12.1 Å². The highest BCUT2D eigenvalue weighted by molar-refractivity contribution is 7.83. The Morgan fingerprint density at radius 2 is 2.36 bits per heavy atom. The highest BCUT2D eigenvalue weighted by Crippen LogP contribution is 2.27. The molecule has 0 unspecified atom stereocenters. The molecule has 0 aliphatic rings. The molecule has 0 saturated heterocycles. The Balaban J connectivity index is 3.00. The first kappa shape index (κ1) is 11.3. The van der Waals surface area contributed by atoms with Crippen molar-refractivity contribution in [1.82, 2.24) is 0 Å². The van der Waals surface area contributed by atoms with Gasteiger partial charge in [0.05, 0.1) is 11.6 Å². The largest absolute Gasteiger partial charge is 0.492 e. The minimum atomic E-state index is 0.558. The number of rotatable bonds is 3. The number of benzene rings is 1.